The third-order valence-corrected chi connectivity index (χ3v) is 5.16. The highest BCUT2D eigenvalue weighted by molar-refractivity contribution is 7.98. The molecule has 1 N–H and O–H groups in total. The lowest BCUT2D eigenvalue weighted by atomic mass is 10.2. The van der Waals surface area contributed by atoms with Gasteiger partial charge in [0.05, 0.1) is 5.69 Å². The molecular formula is C20H15Cl2NOS. The van der Waals surface area contributed by atoms with Gasteiger partial charge in [0, 0.05) is 26.3 Å². The Morgan fingerprint density at radius 3 is 2.40 bits per heavy atom. The maximum absolute atomic E-state index is 12.4. The molecule has 0 aliphatic rings. The first-order chi connectivity index (χ1) is 12.1. The topological polar surface area (TPSA) is 29.1 Å². The number of para-hydroxylation sites is 1. The molecule has 0 saturated carbocycles. The van der Waals surface area contributed by atoms with Gasteiger partial charge in [0.15, 0.2) is 0 Å². The number of carbonyl (C=O) groups excluding carboxylic acids is 1. The van der Waals surface area contributed by atoms with E-state index in [1.54, 1.807) is 36.0 Å². The minimum Gasteiger partial charge on any atom is -0.321 e. The van der Waals surface area contributed by atoms with Gasteiger partial charge in [0.2, 0.25) is 0 Å². The molecule has 0 aliphatic carbocycles. The van der Waals surface area contributed by atoms with Gasteiger partial charge in [-0.25, -0.2) is 0 Å². The van der Waals surface area contributed by atoms with Crippen LogP contribution in [0.1, 0.15) is 15.9 Å². The van der Waals surface area contributed by atoms with Crippen LogP contribution in [-0.4, -0.2) is 5.91 Å². The van der Waals surface area contributed by atoms with Crippen LogP contribution in [0.5, 0.6) is 0 Å². The molecule has 0 radical (unpaired) electrons. The van der Waals surface area contributed by atoms with Crippen LogP contribution < -0.4 is 5.32 Å². The second-order valence-corrected chi connectivity index (χ2v) is 7.27. The Morgan fingerprint density at radius 1 is 0.880 bits per heavy atom. The molecule has 0 aliphatic heterocycles. The molecule has 5 heteroatoms. The van der Waals surface area contributed by atoms with Gasteiger partial charge in [0.1, 0.15) is 0 Å². The second-order valence-electron chi connectivity index (χ2n) is 5.38. The summed E-state index contributed by atoms with van der Waals surface area (Å²) < 4.78 is 0. The first-order valence-electron chi connectivity index (χ1n) is 7.65. The number of benzene rings is 3. The molecule has 0 aromatic heterocycles. The molecule has 0 heterocycles. The zero-order valence-corrected chi connectivity index (χ0v) is 15.5. The Morgan fingerprint density at radius 2 is 1.64 bits per heavy atom. The maximum atomic E-state index is 12.4. The summed E-state index contributed by atoms with van der Waals surface area (Å²) in [5.74, 6) is 0.614. The number of rotatable bonds is 5. The third-order valence-electron chi connectivity index (χ3n) is 3.53. The fourth-order valence-corrected chi connectivity index (χ4v) is 3.54. The fraction of sp³-hybridized carbons (Fsp3) is 0.0500. The molecule has 126 valence electrons. The number of anilines is 1. The molecule has 3 aromatic rings. The summed E-state index contributed by atoms with van der Waals surface area (Å²) in [5.41, 5.74) is 2.49. The van der Waals surface area contributed by atoms with Gasteiger partial charge in [-0.1, -0.05) is 53.5 Å². The first kappa shape index (κ1) is 17.9. The van der Waals surface area contributed by atoms with E-state index in [9.17, 15) is 4.79 Å². The van der Waals surface area contributed by atoms with E-state index in [4.69, 9.17) is 23.2 Å². The quantitative estimate of drug-likeness (QED) is 0.503. The van der Waals surface area contributed by atoms with Crippen LogP contribution in [0.3, 0.4) is 0 Å². The van der Waals surface area contributed by atoms with Crippen molar-refractivity contribution in [3.8, 4) is 0 Å². The van der Waals surface area contributed by atoms with Gasteiger partial charge >= 0.3 is 0 Å². The van der Waals surface area contributed by atoms with Gasteiger partial charge in [-0.15, -0.1) is 11.8 Å². The third kappa shape index (κ3) is 5.02. The van der Waals surface area contributed by atoms with E-state index in [-0.39, 0.29) is 5.91 Å². The molecule has 3 rings (SSSR count). The van der Waals surface area contributed by atoms with Crippen LogP contribution in [0.25, 0.3) is 0 Å². The highest BCUT2D eigenvalue weighted by atomic mass is 35.5. The zero-order valence-electron chi connectivity index (χ0n) is 13.2. The first-order valence-corrected chi connectivity index (χ1v) is 9.39. The molecule has 2 nitrogen and oxygen atoms in total. The number of hydrogen-bond acceptors (Lipinski definition) is 2. The van der Waals surface area contributed by atoms with E-state index >= 15 is 0 Å². The highest BCUT2D eigenvalue weighted by Crippen LogP contribution is 2.30. The summed E-state index contributed by atoms with van der Waals surface area (Å²) >= 11 is 13.5. The minimum atomic E-state index is -0.179. The van der Waals surface area contributed by atoms with Crippen molar-refractivity contribution >= 4 is 46.6 Å². The van der Waals surface area contributed by atoms with Crippen LogP contribution >= 0.6 is 35.0 Å². The largest absolute Gasteiger partial charge is 0.321 e. The Balaban J connectivity index is 1.72. The van der Waals surface area contributed by atoms with Crippen LogP contribution in [0.15, 0.2) is 77.7 Å². The Hall–Kier alpha value is -1.94. The smallest absolute Gasteiger partial charge is 0.255 e. The van der Waals surface area contributed by atoms with Crippen LogP contribution in [0.4, 0.5) is 5.69 Å². The summed E-state index contributed by atoms with van der Waals surface area (Å²) in [6.45, 7) is 0. The van der Waals surface area contributed by atoms with E-state index in [1.165, 1.54) is 5.56 Å². The molecule has 1 amide bonds. The van der Waals surface area contributed by atoms with E-state index in [0.29, 0.717) is 10.6 Å². The van der Waals surface area contributed by atoms with Crippen molar-refractivity contribution < 1.29 is 4.79 Å². The van der Waals surface area contributed by atoms with Crippen molar-refractivity contribution in [1.82, 2.24) is 0 Å². The minimum absolute atomic E-state index is 0.179. The van der Waals surface area contributed by atoms with E-state index in [2.05, 4.69) is 5.32 Å². The zero-order chi connectivity index (χ0) is 17.6. The average molecular weight is 388 g/mol. The monoisotopic (exact) mass is 387 g/mol. The van der Waals surface area contributed by atoms with Crippen molar-refractivity contribution in [3.63, 3.8) is 0 Å². The van der Waals surface area contributed by atoms with Crippen molar-refractivity contribution in [2.45, 2.75) is 10.6 Å². The Kier molecular flexibility index (Phi) is 6.03. The molecule has 3 aromatic carbocycles. The van der Waals surface area contributed by atoms with Crippen molar-refractivity contribution in [3.05, 3.63) is 94.0 Å². The molecule has 0 bridgehead atoms. The van der Waals surface area contributed by atoms with Crippen LogP contribution in [-0.2, 0) is 5.75 Å². The molecular weight excluding hydrogens is 373 g/mol. The molecule has 0 fully saturated rings. The molecule has 0 atom stereocenters. The van der Waals surface area contributed by atoms with Crippen LogP contribution in [0, 0.1) is 0 Å². The number of hydrogen-bond donors (Lipinski definition) is 1. The number of thioether (sulfide) groups is 1. The maximum Gasteiger partial charge on any atom is 0.255 e. The summed E-state index contributed by atoms with van der Waals surface area (Å²) in [6, 6.07) is 22.4. The van der Waals surface area contributed by atoms with E-state index < -0.39 is 0 Å². The van der Waals surface area contributed by atoms with E-state index in [1.807, 2.05) is 48.5 Å². The highest BCUT2D eigenvalue weighted by Gasteiger charge is 2.10. The fourth-order valence-electron chi connectivity index (χ4n) is 2.26. The standard InChI is InChI=1S/C20H15Cl2NOS/c21-16-10-8-14(9-11-16)13-25-19-7-2-1-6-18(19)23-20(24)15-4-3-5-17(22)12-15/h1-12H,13H2,(H,23,24). The number of carbonyl (C=O) groups is 1. The number of amides is 1. The average Bonchev–Trinajstić information content (AvgIpc) is 2.62. The predicted molar refractivity (Wildman–Crippen MR) is 107 cm³/mol. The van der Waals surface area contributed by atoms with Crippen molar-refractivity contribution in [1.29, 1.82) is 0 Å². The van der Waals surface area contributed by atoms with Crippen molar-refractivity contribution in [2.24, 2.45) is 0 Å². The van der Waals surface area contributed by atoms with Gasteiger partial charge < -0.3 is 5.32 Å². The lowest BCUT2D eigenvalue weighted by Crippen LogP contribution is -2.12. The van der Waals surface area contributed by atoms with Crippen LogP contribution in [0.2, 0.25) is 10.0 Å². The van der Waals surface area contributed by atoms with Gasteiger partial charge in [-0.3, -0.25) is 4.79 Å². The van der Waals surface area contributed by atoms with Gasteiger partial charge in [-0.05, 0) is 48.0 Å². The summed E-state index contributed by atoms with van der Waals surface area (Å²) in [5, 5.41) is 4.22. The summed E-state index contributed by atoms with van der Waals surface area (Å²) in [7, 11) is 0. The number of nitrogens with one attached hydrogen (secondary N) is 1. The number of halogens is 2. The lowest BCUT2D eigenvalue weighted by Gasteiger charge is -2.11. The molecule has 25 heavy (non-hydrogen) atoms. The van der Waals surface area contributed by atoms with Gasteiger partial charge in [0.25, 0.3) is 5.91 Å². The van der Waals surface area contributed by atoms with Crippen molar-refractivity contribution in [2.75, 3.05) is 5.32 Å². The Bertz CT molecular complexity index is 881. The second kappa shape index (κ2) is 8.43. The summed E-state index contributed by atoms with van der Waals surface area (Å²) in [6.07, 6.45) is 0. The molecule has 0 unspecified atom stereocenters. The van der Waals surface area contributed by atoms with E-state index in [0.717, 1.165) is 21.4 Å². The Labute approximate surface area is 161 Å². The lowest BCUT2D eigenvalue weighted by molar-refractivity contribution is 0.102. The normalized spacial score (nSPS) is 10.5. The van der Waals surface area contributed by atoms with Gasteiger partial charge in [-0.2, -0.15) is 0 Å². The predicted octanol–water partition coefficient (Wildman–Crippen LogP) is 6.54. The molecule has 0 spiro atoms. The SMILES string of the molecule is O=C(Nc1ccccc1SCc1ccc(Cl)cc1)c1cccc(Cl)c1. The molecule has 0 saturated heterocycles. The summed E-state index contributed by atoms with van der Waals surface area (Å²) in [4.78, 5) is 13.4.